The highest BCUT2D eigenvalue weighted by Crippen LogP contribution is 2.26. The third kappa shape index (κ3) is 2.88. The molecule has 0 saturated heterocycles. The molecule has 0 bridgehead atoms. The van der Waals surface area contributed by atoms with E-state index in [2.05, 4.69) is 23.5 Å². The summed E-state index contributed by atoms with van der Waals surface area (Å²) in [5.74, 6) is 0. The number of anilines is 1. The van der Waals surface area contributed by atoms with Crippen molar-refractivity contribution in [1.29, 1.82) is 0 Å². The van der Waals surface area contributed by atoms with Crippen molar-refractivity contribution in [1.82, 2.24) is 0 Å². The van der Waals surface area contributed by atoms with Crippen LogP contribution in [0.5, 0.6) is 0 Å². The van der Waals surface area contributed by atoms with Crippen LogP contribution in [0.3, 0.4) is 0 Å². The zero-order valence-corrected chi connectivity index (χ0v) is 12.1. The van der Waals surface area contributed by atoms with Crippen molar-refractivity contribution in [2.24, 2.45) is 0 Å². The lowest BCUT2D eigenvalue weighted by atomic mass is 10.1. The van der Waals surface area contributed by atoms with Gasteiger partial charge in [-0.1, -0.05) is 41.4 Å². The second kappa shape index (κ2) is 5.44. The molecule has 2 aromatic rings. The fourth-order valence-corrected chi connectivity index (χ4v) is 2.84. The number of hydrogen-bond acceptors (Lipinski definition) is 1. The van der Waals surface area contributed by atoms with Crippen LogP contribution in [0.1, 0.15) is 23.1 Å². The molecule has 2 aromatic carbocycles. The van der Waals surface area contributed by atoms with E-state index in [9.17, 15) is 0 Å². The summed E-state index contributed by atoms with van der Waals surface area (Å²) in [6, 6.07) is 12.4. The first-order valence-corrected chi connectivity index (χ1v) is 7.27. The monoisotopic (exact) mass is 291 g/mol. The summed E-state index contributed by atoms with van der Waals surface area (Å²) in [5, 5.41) is 4.55. The van der Waals surface area contributed by atoms with E-state index in [0.29, 0.717) is 10.0 Å². The number of rotatable bonds is 3. The molecule has 0 aromatic heterocycles. The Morgan fingerprint density at radius 3 is 2.58 bits per heavy atom. The second-order valence-corrected chi connectivity index (χ2v) is 5.75. The molecule has 1 aliphatic rings. The van der Waals surface area contributed by atoms with Crippen LogP contribution in [0.2, 0.25) is 10.0 Å². The Labute approximate surface area is 123 Å². The standard InChI is InChI=1S/C16H15Cl2N/c17-15-7-6-14(9-16(15)18)19-10-11-4-5-12-2-1-3-13(12)8-11/h4-9,19H,1-3,10H2. The van der Waals surface area contributed by atoms with Gasteiger partial charge in [-0.2, -0.15) is 0 Å². The van der Waals surface area contributed by atoms with Crippen LogP contribution in [-0.2, 0) is 19.4 Å². The molecule has 0 radical (unpaired) electrons. The fourth-order valence-electron chi connectivity index (χ4n) is 2.55. The third-order valence-electron chi connectivity index (χ3n) is 3.58. The normalized spacial score (nSPS) is 13.4. The Morgan fingerprint density at radius 1 is 0.895 bits per heavy atom. The summed E-state index contributed by atoms with van der Waals surface area (Å²) in [7, 11) is 0. The molecule has 1 nitrogen and oxygen atoms in total. The summed E-state index contributed by atoms with van der Waals surface area (Å²) in [5.41, 5.74) is 5.33. The maximum Gasteiger partial charge on any atom is 0.0612 e. The summed E-state index contributed by atoms with van der Waals surface area (Å²) in [4.78, 5) is 0. The summed E-state index contributed by atoms with van der Waals surface area (Å²) >= 11 is 11.9. The van der Waals surface area contributed by atoms with Crippen LogP contribution in [0, 0.1) is 0 Å². The maximum atomic E-state index is 6.00. The number of aryl methyl sites for hydroxylation is 2. The highest BCUT2D eigenvalue weighted by molar-refractivity contribution is 6.42. The first kappa shape index (κ1) is 12.8. The molecule has 0 spiro atoms. The van der Waals surface area contributed by atoms with Crippen molar-refractivity contribution in [3.05, 3.63) is 63.1 Å². The molecule has 0 fully saturated rings. The number of fused-ring (bicyclic) bond motifs is 1. The molecule has 3 rings (SSSR count). The zero-order chi connectivity index (χ0) is 13.2. The fraction of sp³-hybridized carbons (Fsp3) is 0.250. The van der Waals surface area contributed by atoms with Gasteiger partial charge in [0.1, 0.15) is 0 Å². The average molecular weight is 292 g/mol. The molecule has 0 aliphatic heterocycles. The summed E-state index contributed by atoms with van der Waals surface area (Å²) in [6.07, 6.45) is 3.74. The molecule has 0 atom stereocenters. The molecular weight excluding hydrogens is 277 g/mol. The summed E-state index contributed by atoms with van der Waals surface area (Å²) in [6.45, 7) is 0.811. The Bertz CT molecular complexity index is 608. The SMILES string of the molecule is Clc1ccc(NCc2ccc3c(c2)CCC3)cc1Cl. The minimum absolute atomic E-state index is 0.584. The molecule has 0 unspecified atom stereocenters. The number of hydrogen-bond donors (Lipinski definition) is 1. The Kier molecular flexibility index (Phi) is 3.67. The average Bonchev–Trinajstić information content (AvgIpc) is 2.87. The lowest BCUT2D eigenvalue weighted by Gasteiger charge is -2.09. The van der Waals surface area contributed by atoms with Gasteiger partial charge in [-0.3, -0.25) is 0 Å². The summed E-state index contributed by atoms with van der Waals surface area (Å²) < 4.78 is 0. The molecule has 3 heteroatoms. The third-order valence-corrected chi connectivity index (χ3v) is 4.32. The predicted octanol–water partition coefficient (Wildman–Crippen LogP) is 5.09. The lowest BCUT2D eigenvalue weighted by Crippen LogP contribution is -2.00. The molecule has 1 N–H and O–H groups in total. The quantitative estimate of drug-likeness (QED) is 0.830. The van der Waals surface area contributed by atoms with Crippen LogP contribution in [-0.4, -0.2) is 0 Å². The van der Waals surface area contributed by atoms with Gasteiger partial charge >= 0.3 is 0 Å². The Morgan fingerprint density at radius 2 is 1.74 bits per heavy atom. The van der Waals surface area contributed by atoms with Crippen LogP contribution < -0.4 is 5.32 Å². The maximum absolute atomic E-state index is 6.00. The van der Waals surface area contributed by atoms with Crippen LogP contribution >= 0.6 is 23.2 Å². The predicted molar refractivity (Wildman–Crippen MR) is 82.3 cm³/mol. The first-order valence-electron chi connectivity index (χ1n) is 6.52. The molecule has 0 heterocycles. The van der Waals surface area contributed by atoms with E-state index in [0.717, 1.165) is 12.2 Å². The van der Waals surface area contributed by atoms with Crippen molar-refractivity contribution < 1.29 is 0 Å². The Hall–Kier alpha value is -1.18. The van der Waals surface area contributed by atoms with Gasteiger partial charge < -0.3 is 5.32 Å². The van der Waals surface area contributed by atoms with E-state index >= 15 is 0 Å². The van der Waals surface area contributed by atoms with E-state index in [1.165, 1.54) is 36.0 Å². The van der Waals surface area contributed by atoms with Gasteiger partial charge in [0.05, 0.1) is 10.0 Å². The zero-order valence-electron chi connectivity index (χ0n) is 10.5. The van der Waals surface area contributed by atoms with Crippen LogP contribution in [0.25, 0.3) is 0 Å². The van der Waals surface area contributed by atoms with Crippen molar-refractivity contribution in [2.75, 3.05) is 5.32 Å². The second-order valence-electron chi connectivity index (χ2n) is 4.94. The van der Waals surface area contributed by atoms with Crippen LogP contribution in [0.15, 0.2) is 36.4 Å². The highest BCUT2D eigenvalue weighted by Gasteiger charge is 2.10. The van der Waals surface area contributed by atoms with Crippen molar-refractivity contribution in [3.63, 3.8) is 0 Å². The molecule has 19 heavy (non-hydrogen) atoms. The first-order chi connectivity index (χ1) is 9.22. The van der Waals surface area contributed by atoms with Gasteiger partial charge in [0.15, 0.2) is 0 Å². The molecule has 0 saturated carbocycles. The van der Waals surface area contributed by atoms with Gasteiger partial charge in [-0.25, -0.2) is 0 Å². The van der Waals surface area contributed by atoms with Crippen molar-refractivity contribution in [3.8, 4) is 0 Å². The van der Waals surface area contributed by atoms with Gasteiger partial charge in [-0.05, 0) is 54.2 Å². The van der Waals surface area contributed by atoms with Gasteiger partial charge in [0, 0.05) is 12.2 Å². The topological polar surface area (TPSA) is 12.0 Å². The molecular formula is C16H15Cl2N. The van der Waals surface area contributed by atoms with E-state index in [-0.39, 0.29) is 0 Å². The highest BCUT2D eigenvalue weighted by atomic mass is 35.5. The minimum Gasteiger partial charge on any atom is -0.381 e. The van der Waals surface area contributed by atoms with Crippen molar-refractivity contribution in [2.45, 2.75) is 25.8 Å². The van der Waals surface area contributed by atoms with E-state index in [4.69, 9.17) is 23.2 Å². The number of halogens is 2. The number of nitrogens with one attached hydrogen (secondary N) is 1. The van der Waals surface area contributed by atoms with Gasteiger partial charge in [-0.15, -0.1) is 0 Å². The van der Waals surface area contributed by atoms with Gasteiger partial charge in [0.2, 0.25) is 0 Å². The minimum atomic E-state index is 0.584. The van der Waals surface area contributed by atoms with E-state index < -0.39 is 0 Å². The van der Waals surface area contributed by atoms with Crippen molar-refractivity contribution >= 4 is 28.9 Å². The van der Waals surface area contributed by atoms with Gasteiger partial charge in [0.25, 0.3) is 0 Å². The largest absolute Gasteiger partial charge is 0.381 e. The molecule has 0 amide bonds. The number of benzene rings is 2. The molecule has 98 valence electrons. The lowest BCUT2D eigenvalue weighted by molar-refractivity contribution is 0.911. The molecule has 1 aliphatic carbocycles. The Balaban J connectivity index is 1.70. The van der Waals surface area contributed by atoms with Crippen LogP contribution in [0.4, 0.5) is 5.69 Å². The van der Waals surface area contributed by atoms with E-state index in [1.54, 1.807) is 0 Å². The smallest absolute Gasteiger partial charge is 0.0612 e. The van der Waals surface area contributed by atoms with E-state index in [1.807, 2.05) is 18.2 Å².